The fourth-order valence-corrected chi connectivity index (χ4v) is 6.44. The Morgan fingerprint density at radius 2 is 1.96 bits per heavy atom. The zero-order chi connectivity index (χ0) is 19.2. The molecule has 5 rings (SSSR count). The van der Waals surface area contributed by atoms with Crippen LogP contribution in [0, 0.1) is 17.3 Å². The molecule has 0 saturated heterocycles. The van der Waals surface area contributed by atoms with Gasteiger partial charge in [0.15, 0.2) is 0 Å². The van der Waals surface area contributed by atoms with Crippen LogP contribution in [0.2, 0.25) is 0 Å². The van der Waals surface area contributed by atoms with Crippen molar-refractivity contribution in [3.63, 3.8) is 0 Å². The van der Waals surface area contributed by atoms with Gasteiger partial charge in [0.1, 0.15) is 5.76 Å². The predicted molar refractivity (Wildman–Crippen MR) is 102 cm³/mol. The number of carbonyl (C=O) groups is 2. The maximum atomic E-state index is 13.3. The van der Waals surface area contributed by atoms with E-state index in [9.17, 15) is 9.59 Å². The lowest BCUT2D eigenvalue weighted by Gasteiger charge is -2.61. The number of hydrogen-bond donors (Lipinski definition) is 2. The van der Waals surface area contributed by atoms with Crippen LogP contribution < -0.4 is 10.6 Å². The highest BCUT2D eigenvalue weighted by molar-refractivity contribution is 5.84. The number of rotatable bonds is 6. The van der Waals surface area contributed by atoms with E-state index in [0.29, 0.717) is 18.4 Å². The van der Waals surface area contributed by atoms with Crippen molar-refractivity contribution >= 4 is 11.8 Å². The van der Waals surface area contributed by atoms with Crippen molar-refractivity contribution in [2.45, 2.75) is 57.0 Å². The molecule has 4 aliphatic carbocycles. The number of amides is 2. The maximum absolute atomic E-state index is 13.3. The number of likely N-dealkylation sites (N-methyl/N-ethyl adjacent to an activating group) is 1. The minimum Gasteiger partial charge on any atom is -0.468 e. The van der Waals surface area contributed by atoms with Gasteiger partial charge >= 0.3 is 0 Å². The molecule has 2 N–H and O–H groups in total. The molecule has 1 aromatic rings. The molecule has 1 aromatic heterocycles. The van der Waals surface area contributed by atoms with Crippen molar-refractivity contribution in [1.29, 1.82) is 0 Å². The Balaban J connectivity index is 1.49. The minimum atomic E-state index is -0.327. The van der Waals surface area contributed by atoms with Crippen molar-refractivity contribution in [3.8, 4) is 0 Å². The highest BCUT2D eigenvalue weighted by atomic mass is 16.3. The van der Waals surface area contributed by atoms with Crippen molar-refractivity contribution in [2.75, 3.05) is 20.6 Å². The van der Waals surface area contributed by atoms with Crippen LogP contribution in [-0.2, 0) is 9.59 Å². The average molecular weight is 373 g/mol. The third kappa shape index (κ3) is 3.40. The van der Waals surface area contributed by atoms with Crippen LogP contribution in [0.5, 0.6) is 0 Å². The van der Waals surface area contributed by atoms with Gasteiger partial charge in [-0.15, -0.1) is 0 Å². The van der Waals surface area contributed by atoms with Crippen molar-refractivity contribution in [3.05, 3.63) is 24.2 Å². The van der Waals surface area contributed by atoms with E-state index in [4.69, 9.17) is 4.42 Å². The largest absolute Gasteiger partial charge is 0.468 e. The summed E-state index contributed by atoms with van der Waals surface area (Å²) in [6, 6.07) is 3.85. The van der Waals surface area contributed by atoms with Gasteiger partial charge in [0, 0.05) is 19.0 Å². The van der Waals surface area contributed by atoms with Crippen molar-refractivity contribution in [1.82, 2.24) is 15.5 Å². The van der Waals surface area contributed by atoms with Crippen LogP contribution in [0.3, 0.4) is 0 Å². The molecular formula is C21H31N3O3. The van der Waals surface area contributed by atoms with E-state index in [-0.39, 0.29) is 28.8 Å². The molecule has 4 saturated carbocycles. The molecule has 6 heteroatoms. The van der Waals surface area contributed by atoms with E-state index >= 15 is 0 Å². The summed E-state index contributed by atoms with van der Waals surface area (Å²) in [6.07, 6.45) is 7.66. The summed E-state index contributed by atoms with van der Waals surface area (Å²) >= 11 is 0. The van der Waals surface area contributed by atoms with E-state index in [0.717, 1.165) is 37.9 Å². The first-order chi connectivity index (χ1) is 12.8. The lowest BCUT2D eigenvalue weighted by Crippen LogP contribution is -2.65. The quantitative estimate of drug-likeness (QED) is 0.803. The lowest BCUT2D eigenvalue weighted by molar-refractivity contribution is -0.153. The van der Waals surface area contributed by atoms with Gasteiger partial charge in [0.2, 0.25) is 11.8 Å². The summed E-state index contributed by atoms with van der Waals surface area (Å²) < 4.78 is 5.56. The second-order valence-electron chi connectivity index (χ2n) is 9.41. The molecular weight excluding hydrogens is 342 g/mol. The van der Waals surface area contributed by atoms with Crippen LogP contribution in [-0.4, -0.2) is 42.9 Å². The standard InChI is InChI=1S/C21H31N3O3/c1-14(25)23-21-10-15-7-16(11-21)9-20(8-15,13-21)19(26)22-12-17(24(2)3)18-5-4-6-27-18/h4-6,15-17H,7-13H2,1-3H3,(H,22,26)(H,23,25)/t15-,16-,17+,20?,21?/m1/s1. The van der Waals surface area contributed by atoms with Gasteiger partial charge in [0.05, 0.1) is 17.7 Å². The van der Waals surface area contributed by atoms with Crippen LogP contribution >= 0.6 is 0 Å². The summed E-state index contributed by atoms with van der Waals surface area (Å²) in [4.78, 5) is 27.2. The maximum Gasteiger partial charge on any atom is 0.226 e. The number of nitrogens with one attached hydrogen (secondary N) is 2. The highest BCUT2D eigenvalue weighted by Gasteiger charge is 2.60. The Morgan fingerprint density at radius 1 is 1.26 bits per heavy atom. The molecule has 27 heavy (non-hydrogen) atoms. The summed E-state index contributed by atoms with van der Waals surface area (Å²) in [5.74, 6) is 2.15. The predicted octanol–water partition coefficient (Wildman–Crippen LogP) is 2.47. The molecule has 0 spiro atoms. The molecule has 0 unspecified atom stereocenters. The zero-order valence-electron chi connectivity index (χ0n) is 16.6. The Bertz CT molecular complexity index is 698. The third-order valence-electron chi connectivity index (χ3n) is 6.93. The summed E-state index contributed by atoms with van der Waals surface area (Å²) in [7, 11) is 3.99. The fourth-order valence-electron chi connectivity index (χ4n) is 6.44. The summed E-state index contributed by atoms with van der Waals surface area (Å²) in [5, 5.41) is 6.46. The monoisotopic (exact) mass is 373 g/mol. The van der Waals surface area contributed by atoms with E-state index in [1.54, 1.807) is 13.2 Å². The first-order valence-electron chi connectivity index (χ1n) is 10.1. The number of furan rings is 1. The lowest BCUT2D eigenvalue weighted by atomic mass is 9.46. The molecule has 1 heterocycles. The SMILES string of the molecule is CC(=O)NC12C[C@@H]3C[C@@H](C1)CC(C(=O)NC[C@@H](c1ccco1)N(C)C)(C3)C2. The van der Waals surface area contributed by atoms with Gasteiger partial charge in [-0.25, -0.2) is 0 Å². The highest BCUT2D eigenvalue weighted by Crippen LogP contribution is 2.61. The van der Waals surface area contributed by atoms with Crippen molar-refractivity contribution < 1.29 is 14.0 Å². The number of hydrogen-bond acceptors (Lipinski definition) is 4. The van der Waals surface area contributed by atoms with Gasteiger partial charge in [-0.1, -0.05) is 0 Å². The summed E-state index contributed by atoms with van der Waals surface area (Å²) in [6.45, 7) is 2.12. The minimum absolute atomic E-state index is 0.0159. The first-order valence-corrected chi connectivity index (χ1v) is 10.1. The Kier molecular flexibility index (Phi) is 4.57. The Morgan fingerprint density at radius 3 is 2.52 bits per heavy atom. The smallest absolute Gasteiger partial charge is 0.226 e. The van der Waals surface area contributed by atoms with Crippen LogP contribution in [0.1, 0.15) is 57.3 Å². The van der Waals surface area contributed by atoms with Crippen molar-refractivity contribution in [2.24, 2.45) is 17.3 Å². The molecule has 4 aliphatic rings. The second kappa shape index (κ2) is 6.66. The van der Waals surface area contributed by atoms with E-state index < -0.39 is 0 Å². The molecule has 148 valence electrons. The van der Waals surface area contributed by atoms with Crippen LogP contribution in [0.15, 0.2) is 22.8 Å². The molecule has 0 aliphatic heterocycles. The van der Waals surface area contributed by atoms with E-state index in [1.165, 1.54) is 6.42 Å². The van der Waals surface area contributed by atoms with E-state index in [1.807, 2.05) is 26.2 Å². The van der Waals surface area contributed by atoms with Crippen LogP contribution in [0.25, 0.3) is 0 Å². The second-order valence-corrected chi connectivity index (χ2v) is 9.41. The van der Waals surface area contributed by atoms with Gasteiger partial charge < -0.3 is 15.1 Å². The van der Waals surface area contributed by atoms with Gasteiger partial charge in [-0.3, -0.25) is 14.5 Å². The number of nitrogens with zero attached hydrogens (tertiary/aromatic N) is 1. The van der Waals surface area contributed by atoms with Gasteiger partial charge in [-0.05, 0) is 76.6 Å². The van der Waals surface area contributed by atoms with E-state index in [2.05, 4.69) is 15.5 Å². The van der Waals surface area contributed by atoms with Crippen LogP contribution in [0.4, 0.5) is 0 Å². The summed E-state index contributed by atoms with van der Waals surface area (Å²) in [5.41, 5.74) is -0.498. The normalized spacial score (nSPS) is 35.3. The molecule has 2 amide bonds. The molecule has 6 nitrogen and oxygen atoms in total. The Labute approximate surface area is 161 Å². The molecule has 4 fully saturated rings. The molecule has 3 atom stereocenters. The molecule has 0 aromatic carbocycles. The molecule has 0 radical (unpaired) electrons. The first kappa shape index (κ1) is 18.5. The topological polar surface area (TPSA) is 74.6 Å². The van der Waals surface area contributed by atoms with Gasteiger partial charge in [-0.2, -0.15) is 0 Å². The molecule has 4 bridgehead atoms. The van der Waals surface area contributed by atoms with Gasteiger partial charge in [0.25, 0.3) is 0 Å². The third-order valence-corrected chi connectivity index (χ3v) is 6.93. The average Bonchev–Trinajstić information content (AvgIpc) is 3.06. The Hall–Kier alpha value is -1.82. The number of carbonyl (C=O) groups excluding carboxylic acids is 2. The fraction of sp³-hybridized carbons (Fsp3) is 0.714. The zero-order valence-corrected chi connectivity index (χ0v) is 16.6.